The largest absolute Gasteiger partial charge is 0.469 e. The maximum atomic E-state index is 12.7. The number of aryl methyl sites for hydroxylation is 2. The van der Waals surface area contributed by atoms with Gasteiger partial charge in [-0.15, -0.1) is 0 Å². The molecule has 33 heavy (non-hydrogen) atoms. The number of nitrogens with one attached hydrogen (secondary N) is 2. The number of aromatic amines is 2. The Labute approximate surface area is 189 Å². The van der Waals surface area contributed by atoms with Gasteiger partial charge in [-0.2, -0.15) is 4.98 Å². The first-order valence-electron chi connectivity index (χ1n) is 10.4. The van der Waals surface area contributed by atoms with Crippen LogP contribution < -0.4 is 11.3 Å². The summed E-state index contributed by atoms with van der Waals surface area (Å²) in [6, 6.07) is 7.08. The number of Topliss-reactive ketones (excluding diaryl/α,β-unsaturated/α-hetero) is 1. The Morgan fingerprint density at radius 1 is 1.09 bits per heavy atom. The molecule has 1 unspecified atom stereocenters. The van der Waals surface area contributed by atoms with Gasteiger partial charge >= 0.3 is 11.9 Å². The van der Waals surface area contributed by atoms with Crippen molar-refractivity contribution in [1.82, 2.24) is 15.0 Å². The highest BCUT2D eigenvalue weighted by Gasteiger charge is 2.24. The maximum absolute atomic E-state index is 12.7. The van der Waals surface area contributed by atoms with E-state index in [4.69, 9.17) is 10.5 Å². The fraction of sp³-hybridized carbons (Fsp3) is 0.348. The highest BCUT2D eigenvalue weighted by Crippen LogP contribution is 2.19. The Morgan fingerprint density at radius 3 is 2.48 bits per heavy atom. The van der Waals surface area contributed by atoms with Crippen LogP contribution in [0.4, 0.5) is 5.95 Å². The summed E-state index contributed by atoms with van der Waals surface area (Å²) in [7, 11) is 2.52. The van der Waals surface area contributed by atoms with Crippen molar-refractivity contribution in [2.75, 3.05) is 20.0 Å². The molecule has 174 valence electrons. The van der Waals surface area contributed by atoms with Crippen molar-refractivity contribution in [2.24, 2.45) is 5.92 Å². The summed E-state index contributed by atoms with van der Waals surface area (Å²) >= 11 is 0. The normalized spacial score (nSPS) is 11.8. The van der Waals surface area contributed by atoms with E-state index >= 15 is 0 Å². The Hall–Kier alpha value is -3.95. The summed E-state index contributed by atoms with van der Waals surface area (Å²) in [4.78, 5) is 57.8. The van der Waals surface area contributed by atoms with Gasteiger partial charge in [0.2, 0.25) is 5.95 Å². The molecule has 0 spiro atoms. The number of carbonyl (C=O) groups is 3. The number of H-pyrrole nitrogens is 2. The number of hydrogen-bond acceptors (Lipinski definition) is 8. The molecule has 0 radical (unpaired) electrons. The molecule has 10 heteroatoms. The van der Waals surface area contributed by atoms with Crippen LogP contribution in [0.1, 0.15) is 40.7 Å². The fourth-order valence-corrected chi connectivity index (χ4v) is 3.66. The molecule has 0 bridgehead atoms. The van der Waals surface area contributed by atoms with Gasteiger partial charge in [0.15, 0.2) is 5.78 Å². The zero-order valence-electron chi connectivity index (χ0n) is 18.5. The summed E-state index contributed by atoms with van der Waals surface area (Å²) in [5.74, 6) is -1.86. The summed E-state index contributed by atoms with van der Waals surface area (Å²) in [6.45, 7) is 0. The van der Waals surface area contributed by atoms with Gasteiger partial charge in [-0.3, -0.25) is 24.2 Å². The number of fused-ring (bicyclic) bond motifs is 1. The predicted octanol–water partition coefficient (Wildman–Crippen LogP) is 1.93. The van der Waals surface area contributed by atoms with Crippen molar-refractivity contribution >= 4 is 34.7 Å². The molecular weight excluding hydrogens is 428 g/mol. The van der Waals surface area contributed by atoms with Gasteiger partial charge < -0.3 is 20.2 Å². The van der Waals surface area contributed by atoms with Crippen LogP contribution in [0.2, 0.25) is 0 Å². The summed E-state index contributed by atoms with van der Waals surface area (Å²) < 4.78 is 9.36. The van der Waals surface area contributed by atoms with Crippen LogP contribution in [0.5, 0.6) is 0 Å². The molecular formula is C23H26N4O6. The average Bonchev–Trinajstić information content (AvgIpc) is 3.22. The number of benzene rings is 1. The maximum Gasteiger partial charge on any atom is 0.309 e. The minimum absolute atomic E-state index is 0.0290. The number of ether oxygens (including phenoxy) is 2. The lowest BCUT2D eigenvalue weighted by Gasteiger charge is -2.13. The minimum Gasteiger partial charge on any atom is -0.469 e. The number of esters is 2. The first-order chi connectivity index (χ1) is 15.8. The van der Waals surface area contributed by atoms with Gasteiger partial charge in [0.1, 0.15) is 5.65 Å². The highest BCUT2D eigenvalue weighted by atomic mass is 16.5. The average molecular weight is 454 g/mol. The van der Waals surface area contributed by atoms with Crippen LogP contribution in [0.15, 0.2) is 35.3 Å². The van der Waals surface area contributed by atoms with E-state index in [9.17, 15) is 19.2 Å². The van der Waals surface area contributed by atoms with E-state index in [0.717, 1.165) is 11.1 Å². The quantitative estimate of drug-likeness (QED) is 0.310. The molecule has 1 aromatic carbocycles. The first kappa shape index (κ1) is 23.7. The van der Waals surface area contributed by atoms with Gasteiger partial charge in [-0.05, 0) is 30.4 Å². The van der Waals surface area contributed by atoms with E-state index in [1.54, 1.807) is 18.3 Å². The highest BCUT2D eigenvalue weighted by molar-refractivity contribution is 5.98. The van der Waals surface area contributed by atoms with Gasteiger partial charge in [0.25, 0.3) is 5.56 Å². The van der Waals surface area contributed by atoms with Crippen LogP contribution in [0, 0.1) is 5.92 Å². The Morgan fingerprint density at radius 2 is 1.82 bits per heavy atom. The second kappa shape index (κ2) is 10.6. The van der Waals surface area contributed by atoms with Gasteiger partial charge in [0.05, 0.1) is 25.5 Å². The first-order valence-corrected chi connectivity index (χ1v) is 10.4. The third-order valence-electron chi connectivity index (χ3n) is 5.49. The number of rotatable bonds is 10. The summed E-state index contributed by atoms with van der Waals surface area (Å²) in [6.07, 6.45) is 3.13. The molecule has 10 nitrogen and oxygen atoms in total. The molecule has 3 rings (SSSR count). The van der Waals surface area contributed by atoms with E-state index < -0.39 is 17.9 Å². The van der Waals surface area contributed by atoms with Crippen molar-refractivity contribution in [3.63, 3.8) is 0 Å². The van der Waals surface area contributed by atoms with Gasteiger partial charge in [0, 0.05) is 24.6 Å². The number of methoxy groups -OCH3 is 2. The number of nitrogens with two attached hydrogens (primary N) is 1. The third-order valence-corrected chi connectivity index (χ3v) is 5.49. The van der Waals surface area contributed by atoms with Crippen LogP contribution in [-0.4, -0.2) is 46.9 Å². The molecule has 2 heterocycles. The Balaban J connectivity index is 1.63. The third kappa shape index (κ3) is 5.85. The number of nitrogens with zero attached hydrogens (tertiary/aromatic N) is 1. The van der Waals surface area contributed by atoms with Crippen molar-refractivity contribution in [3.8, 4) is 0 Å². The second-order valence-corrected chi connectivity index (χ2v) is 7.65. The fourth-order valence-electron chi connectivity index (χ4n) is 3.66. The lowest BCUT2D eigenvalue weighted by molar-refractivity contribution is -0.146. The Bertz CT molecular complexity index is 1210. The topological polar surface area (TPSA) is 157 Å². The molecule has 2 aromatic heterocycles. The molecule has 4 N–H and O–H groups in total. The Kier molecular flexibility index (Phi) is 7.60. The zero-order chi connectivity index (χ0) is 24.0. The molecule has 0 amide bonds. The SMILES string of the molecule is COC(=O)CCC(CC(=O)c1ccc(CCc2c[nH]c3nc(N)[nH]c(=O)c23)cc1)C(=O)OC. The molecule has 0 saturated carbocycles. The molecule has 1 atom stereocenters. The predicted molar refractivity (Wildman–Crippen MR) is 121 cm³/mol. The lowest BCUT2D eigenvalue weighted by Crippen LogP contribution is -2.21. The summed E-state index contributed by atoms with van der Waals surface area (Å²) in [5.41, 5.74) is 8.00. The van der Waals surface area contributed by atoms with Crippen molar-refractivity contribution in [3.05, 3.63) is 57.5 Å². The molecule has 3 aromatic rings. The zero-order valence-corrected chi connectivity index (χ0v) is 18.5. The van der Waals surface area contributed by atoms with Gasteiger partial charge in [-0.1, -0.05) is 24.3 Å². The van der Waals surface area contributed by atoms with Crippen molar-refractivity contribution in [2.45, 2.75) is 32.1 Å². The number of carbonyl (C=O) groups excluding carboxylic acids is 3. The molecule has 0 aliphatic rings. The van der Waals surface area contributed by atoms with E-state index in [1.165, 1.54) is 14.2 Å². The molecule has 0 aliphatic heterocycles. The number of ketones is 1. The lowest BCUT2D eigenvalue weighted by atomic mass is 9.93. The standard InChI is InChI=1S/C23H26N4O6/c1-32-18(29)10-9-15(22(31)33-2)11-17(28)14-6-3-13(4-7-14)5-8-16-12-25-20-19(16)21(30)27-23(24)26-20/h3-4,6-7,12,15H,5,8-11H2,1-2H3,(H4,24,25,26,27,30). The smallest absolute Gasteiger partial charge is 0.309 e. The van der Waals surface area contributed by atoms with E-state index in [-0.39, 0.29) is 36.6 Å². The molecule has 0 aliphatic carbocycles. The van der Waals surface area contributed by atoms with Crippen LogP contribution >= 0.6 is 0 Å². The summed E-state index contributed by atoms with van der Waals surface area (Å²) in [5, 5.41) is 0.483. The second-order valence-electron chi connectivity index (χ2n) is 7.65. The molecule has 0 fully saturated rings. The van der Waals surface area contributed by atoms with Gasteiger partial charge in [-0.25, -0.2) is 0 Å². The van der Waals surface area contributed by atoms with Crippen LogP contribution in [-0.2, 0) is 31.9 Å². The number of nitrogen functional groups attached to an aromatic ring is 1. The monoisotopic (exact) mass is 454 g/mol. The van der Waals surface area contributed by atoms with E-state index in [0.29, 0.717) is 29.4 Å². The number of anilines is 1. The van der Waals surface area contributed by atoms with Crippen molar-refractivity contribution in [1.29, 1.82) is 0 Å². The number of hydrogen-bond donors (Lipinski definition) is 3. The van der Waals surface area contributed by atoms with Crippen LogP contribution in [0.25, 0.3) is 11.0 Å². The van der Waals surface area contributed by atoms with Crippen LogP contribution in [0.3, 0.4) is 0 Å². The van der Waals surface area contributed by atoms with E-state index in [1.807, 2.05) is 12.1 Å². The molecule has 0 saturated heterocycles. The van der Waals surface area contributed by atoms with E-state index in [2.05, 4.69) is 19.7 Å². The van der Waals surface area contributed by atoms with Crippen molar-refractivity contribution < 1.29 is 23.9 Å². The number of aromatic nitrogens is 3. The minimum atomic E-state index is -0.719.